The molecule has 0 aliphatic heterocycles. The lowest BCUT2D eigenvalue weighted by molar-refractivity contribution is -0.138. The zero-order valence-corrected chi connectivity index (χ0v) is 9.51. The molecule has 6 N–H and O–H groups in total. The molecule has 22 heavy (non-hydrogen) atoms. The van der Waals surface area contributed by atoms with Crippen molar-refractivity contribution < 1.29 is 29.4 Å². The van der Waals surface area contributed by atoms with Gasteiger partial charge < -0.3 is 26.6 Å². The van der Waals surface area contributed by atoms with E-state index in [4.69, 9.17) is 15.9 Å². The van der Waals surface area contributed by atoms with E-state index >= 15 is 0 Å². The van der Waals surface area contributed by atoms with Crippen molar-refractivity contribution in [1.29, 1.82) is 0 Å². The molecule has 0 aromatic heterocycles. The van der Waals surface area contributed by atoms with Crippen molar-refractivity contribution in [2.45, 2.75) is 48.6 Å². The monoisotopic (exact) mass is 325 g/mol. The fourth-order valence-corrected chi connectivity index (χ4v) is 0.974. The third-order valence-electron chi connectivity index (χ3n) is 1.87. The van der Waals surface area contributed by atoms with Crippen LogP contribution in [0.3, 0.4) is 0 Å². The average molecular weight is 325 g/mol. The first-order valence-electron chi connectivity index (χ1n) is 5.06. The summed E-state index contributed by atoms with van der Waals surface area (Å²) >= 11 is 0. The molecule has 9 nitrogen and oxygen atoms in total. The Balaban J connectivity index is -0.000000241. The maximum absolute atomic E-state index is 11.2. The highest BCUT2D eigenvalue weighted by Crippen LogP contribution is 1.94. The first kappa shape index (κ1) is 32.0. The second kappa shape index (κ2) is 16.9. The van der Waals surface area contributed by atoms with Gasteiger partial charge in [-0.05, 0) is 6.42 Å². The quantitative estimate of drug-likeness (QED) is 0.421. The molecule has 0 fully saturated rings. The first-order valence-corrected chi connectivity index (χ1v) is 5.06. The number of nitrogens with two attached hydrogens (primary N) is 1. The van der Waals surface area contributed by atoms with Gasteiger partial charge in [-0.1, -0.05) is 29.7 Å². The number of carboxylic acids is 2. The summed E-state index contributed by atoms with van der Waals surface area (Å²) in [4.78, 5) is 42.6. The molecule has 0 saturated heterocycles. The van der Waals surface area contributed by atoms with Gasteiger partial charge in [0, 0.05) is 6.42 Å². The summed E-state index contributed by atoms with van der Waals surface area (Å²) in [5.41, 5.74) is 5.41. The van der Waals surface area contributed by atoms with Crippen molar-refractivity contribution in [2.24, 2.45) is 5.73 Å². The summed E-state index contributed by atoms with van der Waals surface area (Å²) in [5.74, 6) is -3.59. The number of aliphatic carboxylic acids is 2. The zero-order valence-electron chi connectivity index (χ0n) is 9.51. The molecule has 0 aliphatic carbocycles. The molecule has 0 aliphatic rings. The second-order valence-electron chi connectivity index (χ2n) is 3.43. The van der Waals surface area contributed by atoms with E-state index in [9.17, 15) is 19.2 Å². The Kier molecular flexibility index (Phi) is 24.6. The molecule has 0 bridgehead atoms. The Morgan fingerprint density at radius 1 is 0.864 bits per heavy atom. The van der Waals surface area contributed by atoms with Gasteiger partial charge in [-0.25, -0.2) is 0 Å². The molecule has 0 radical (unpaired) electrons. The van der Waals surface area contributed by atoms with Crippen LogP contribution in [-0.2, 0) is 19.2 Å². The number of hydrogen-bond donors (Lipinski definition) is 5. The fraction of sp³-hybridized carbons (Fsp3) is 0.692. The number of rotatable bonds is 8. The van der Waals surface area contributed by atoms with Gasteiger partial charge in [-0.3, -0.25) is 19.2 Å². The first-order chi connectivity index (χ1) is 8.32. The van der Waals surface area contributed by atoms with Gasteiger partial charge >= 0.3 is 11.9 Å². The van der Waals surface area contributed by atoms with Crippen molar-refractivity contribution in [3.63, 3.8) is 0 Å². The normalized spacial score (nSPS) is 9.32. The topological polar surface area (TPSA) is 159 Å². The Bertz CT molecular complexity index is 347. The van der Waals surface area contributed by atoms with Gasteiger partial charge in [-0.2, -0.15) is 0 Å². The maximum Gasteiger partial charge on any atom is 0.322 e. The highest BCUT2D eigenvalue weighted by atomic mass is 16.4. The van der Waals surface area contributed by atoms with Crippen molar-refractivity contribution in [1.82, 2.24) is 10.6 Å². The van der Waals surface area contributed by atoms with E-state index in [1.807, 2.05) is 0 Å². The van der Waals surface area contributed by atoms with Crippen molar-refractivity contribution >= 4 is 23.8 Å². The van der Waals surface area contributed by atoms with Crippen LogP contribution in [0.1, 0.15) is 42.5 Å². The van der Waals surface area contributed by atoms with Crippen molar-refractivity contribution in [3.05, 3.63) is 0 Å². The van der Waals surface area contributed by atoms with Crippen LogP contribution in [0.4, 0.5) is 0 Å². The van der Waals surface area contributed by atoms with Crippen LogP contribution in [0.5, 0.6) is 0 Å². The van der Waals surface area contributed by atoms with Gasteiger partial charge in [0.2, 0.25) is 11.8 Å². The minimum atomic E-state index is -1.20. The van der Waals surface area contributed by atoms with Gasteiger partial charge in [0.25, 0.3) is 0 Å². The highest BCUT2D eigenvalue weighted by molar-refractivity contribution is 5.86. The molecule has 1 atom stereocenters. The largest absolute Gasteiger partial charge is 0.480 e. The molecule has 2 amide bonds. The van der Waals surface area contributed by atoms with Gasteiger partial charge in [-0.15, -0.1) is 0 Å². The van der Waals surface area contributed by atoms with Crippen LogP contribution in [-0.4, -0.2) is 53.1 Å². The van der Waals surface area contributed by atoms with E-state index in [0.29, 0.717) is 0 Å². The van der Waals surface area contributed by atoms with Gasteiger partial charge in [0.15, 0.2) is 0 Å². The third-order valence-corrected chi connectivity index (χ3v) is 1.87. The van der Waals surface area contributed by atoms with Gasteiger partial charge in [0.1, 0.15) is 13.1 Å². The molecule has 0 aromatic carbocycles. The molecule has 0 saturated carbocycles. The lowest BCUT2D eigenvalue weighted by Gasteiger charge is -2.10. The lowest BCUT2D eigenvalue weighted by Crippen LogP contribution is -2.43. The van der Waals surface area contributed by atoms with Crippen LogP contribution in [0.25, 0.3) is 0 Å². The van der Waals surface area contributed by atoms with E-state index in [1.165, 1.54) is 0 Å². The smallest absolute Gasteiger partial charge is 0.322 e. The summed E-state index contributed by atoms with van der Waals surface area (Å²) in [6.45, 7) is -1.04. The fourth-order valence-electron chi connectivity index (χ4n) is 0.974. The highest BCUT2D eigenvalue weighted by Gasteiger charge is 2.15. The van der Waals surface area contributed by atoms with Crippen LogP contribution in [0.2, 0.25) is 0 Å². The SMILES string of the molecule is C.C.C.C.NC(CCC(=O)NCC(=O)O)C(=O)NCC(=O)O. The van der Waals surface area contributed by atoms with E-state index in [-0.39, 0.29) is 42.5 Å². The van der Waals surface area contributed by atoms with Crippen molar-refractivity contribution in [3.8, 4) is 0 Å². The second-order valence-corrected chi connectivity index (χ2v) is 3.43. The number of amides is 2. The van der Waals surface area contributed by atoms with E-state index in [0.717, 1.165) is 0 Å². The minimum absolute atomic E-state index is 0. The number of carbonyl (C=O) groups is 4. The molecule has 9 heteroatoms. The summed E-state index contributed by atoms with van der Waals surface area (Å²) in [6, 6.07) is -1.01. The molecule has 0 aromatic rings. The summed E-state index contributed by atoms with van der Waals surface area (Å²) in [7, 11) is 0. The van der Waals surface area contributed by atoms with E-state index in [1.54, 1.807) is 0 Å². The van der Waals surface area contributed by atoms with Gasteiger partial charge in [0.05, 0.1) is 6.04 Å². The number of carboxylic acid groups (broad SMARTS) is 2. The number of hydrogen-bond acceptors (Lipinski definition) is 5. The Hall–Kier alpha value is -2.16. The molecule has 1 unspecified atom stereocenters. The van der Waals surface area contributed by atoms with E-state index < -0.39 is 42.9 Å². The average Bonchev–Trinajstić information content (AvgIpc) is 2.30. The third kappa shape index (κ3) is 17.8. The lowest BCUT2D eigenvalue weighted by atomic mass is 10.1. The summed E-state index contributed by atoms with van der Waals surface area (Å²) in [5, 5.41) is 20.8. The Morgan fingerprint density at radius 2 is 1.27 bits per heavy atom. The van der Waals surface area contributed by atoms with Crippen LogP contribution in [0, 0.1) is 0 Å². The van der Waals surface area contributed by atoms with Crippen LogP contribution < -0.4 is 16.4 Å². The van der Waals surface area contributed by atoms with Crippen molar-refractivity contribution in [2.75, 3.05) is 13.1 Å². The molecule has 0 spiro atoms. The Morgan fingerprint density at radius 3 is 1.68 bits per heavy atom. The maximum atomic E-state index is 11.2. The predicted molar refractivity (Wildman–Crippen MR) is 85.4 cm³/mol. The Labute approximate surface area is 132 Å². The van der Waals surface area contributed by atoms with Crippen LogP contribution in [0.15, 0.2) is 0 Å². The summed E-state index contributed by atoms with van der Waals surface area (Å²) < 4.78 is 0. The number of nitrogens with one attached hydrogen (secondary N) is 2. The standard InChI is InChI=1S/C9H15N3O6.4CH4/c10-5(9(18)12-4-8(16)17)1-2-6(13)11-3-7(14)15;;;;/h5H,1-4,10H2,(H,11,13)(H,12,18)(H,14,15)(H,16,17);4*1H4. The summed E-state index contributed by atoms with van der Waals surface area (Å²) in [6.07, 6.45) is -0.119. The zero-order chi connectivity index (χ0) is 14.1. The van der Waals surface area contributed by atoms with Crippen LogP contribution >= 0.6 is 0 Å². The molecule has 134 valence electrons. The van der Waals surface area contributed by atoms with E-state index in [2.05, 4.69) is 10.6 Å². The molecular formula is C13H31N3O6. The number of carbonyl (C=O) groups excluding carboxylic acids is 2. The molecular weight excluding hydrogens is 294 g/mol. The molecule has 0 rings (SSSR count). The molecule has 0 heterocycles. The minimum Gasteiger partial charge on any atom is -0.480 e. The predicted octanol–water partition coefficient (Wildman–Crippen LogP) is 0.0399.